The largest absolute Gasteiger partial charge is 0.390 e. The maximum absolute atomic E-state index is 9.03. The molecule has 2 aromatic carbocycles. The Labute approximate surface area is 140 Å². The van der Waals surface area contributed by atoms with Crippen LogP contribution in [-0.4, -0.2) is 27.2 Å². The SMILES string of the molecule is COCc1ccc(CNc2ccc(-n3cc(CO)nn3)cc2)cc1. The van der Waals surface area contributed by atoms with Gasteiger partial charge in [-0.2, -0.15) is 0 Å². The van der Waals surface area contributed by atoms with Crippen LogP contribution in [0.1, 0.15) is 16.8 Å². The molecule has 124 valence electrons. The summed E-state index contributed by atoms with van der Waals surface area (Å²) in [5.41, 5.74) is 4.86. The molecule has 0 aliphatic rings. The maximum Gasteiger partial charge on any atom is 0.109 e. The van der Waals surface area contributed by atoms with E-state index in [1.807, 2.05) is 24.3 Å². The second-order valence-corrected chi connectivity index (χ2v) is 5.46. The first-order chi connectivity index (χ1) is 11.8. The average molecular weight is 324 g/mol. The van der Waals surface area contributed by atoms with Crippen LogP contribution in [0, 0.1) is 0 Å². The summed E-state index contributed by atoms with van der Waals surface area (Å²) in [5, 5.41) is 20.3. The van der Waals surface area contributed by atoms with Gasteiger partial charge in [0.25, 0.3) is 0 Å². The van der Waals surface area contributed by atoms with Crippen molar-refractivity contribution in [3.63, 3.8) is 0 Å². The van der Waals surface area contributed by atoms with Crippen LogP contribution in [0.5, 0.6) is 0 Å². The number of nitrogens with one attached hydrogen (secondary N) is 1. The Bertz CT molecular complexity index is 766. The van der Waals surface area contributed by atoms with Crippen molar-refractivity contribution in [2.45, 2.75) is 19.8 Å². The van der Waals surface area contributed by atoms with E-state index in [2.05, 4.69) is 39.9 Å². The molecule has 0 atom stereocenters. The molecule has 3 aromatic rings. The van der Waals surface area contributed by atoms with Gasteiger partial charge >= 0.3 is 0 Å². The van der Waals surface area contributed by atoms with Gasteiger partial charge in [0.15, 0.2) is 0 Å². The van der Waals surface area contributed by atoms with Crippen molar-refractivity contribution in [2.75, 3.05) is 12.4 Å². The Kier molecular flexibility index (Phi) is 5.20. The van der Waals surface area contributed by atoms with Crippen molar-refractivity contribution in [2.24, 2.45) is 0 Å². The third-order valence-corrected chi connectivity index (χ3v) is 3.67. The topological polar surface area (TPSA) is 72.2 Å². The van der Waals surface area contributed by atoms with E-state index in [1.165, 1.54) is 11.1 Å². The van der Waals surface area contributed by atoms with Crippen LogP contribution >= 0.6 is 0 Å². The number of benzene rings is 2. The summed E-state index contributed by atoms with van der Waals surface area (Å²) in [6.45, 7) is 1.28. The van der Waals surface area contributed by atoms with E-state index in [4.69, 9.17) is 9.84 Å². The van der Waals surface area contributed by atoms with Crippen molar-refractivity contribution in [1.82, 2.24) is 15.0 Å². The summed E-state index contributed by atoms with van der Waals surface area (Å²) in [7, 11) is 1.70. The first-order valence-electron chi connectivity index (χ1n) is 7.71. The minimum Gasteiger partial charge on any atom is -0.390 e. The molecule has 0 bridgehead atoms. The van der Waals surface area contributed by atoms with Gasteiger partial charge in [-0.1, -0.05) is 29.5 Å². The Morgan fingerprint density at radius 1 is 1.04 bits per heavy atom. The van der Waals surface area contributed by atoms with Gasteiger partial charge in [0, 0.05) is 19.3 Å². The van der Waals surface area contributed by atoms with E-state index in [9.17, 15) is 0 Å². The highest BCUT2D eigenvalue weighted by Crippen LogP contribution is 2.14. The molecule has 0 saturated heterocycles. The second-order valence-electron chi connectivity index (χ2n) is 5.46. The molecule has 0 aliphatic heterocycles. The molecular formula is C18H20N4O2. The van der Waals surface area contributed by atoms with Crippen LogP contribution in [0.2, 0.25) is 0 Å². The van der Waals surface area contributed by atoms with Crippen LogP contribution in [0.15, 0.2) is 54.7 Å². The van der Waals surface area contributed by atoms with Crippen LogP contribution in [-0.2, 0) is 24.5 Å². The Hall–Kier alpha value is -2.70. The van der Waals surface area contributed by atoms with Crippen molar-refractivity contribution < 1.29 is 9.84 Å². The lowest BCUT2D eigenvalue weighted by molar-refractivity contribution is 0.185. The zero-order valence-electron chi connectivity index (χ0n) is 13.5. The number of aromatic nitrogens is 3. The molecule has 1 heterocycles. The van der Waals surface area contributed by atoms with Gasteiger partial charge in [0.2, 0.25) is 0 Å². The lowest BCUT2D eigenvalue weighted by Crippen LogP contribution is -2.00. The normalized spacial score (nSPS) is 10.8. The summed E-state index contributed by atoms with van der Waals surface area (Å²) in [6, 6.07) is 16.3. The molecule has 0 amide bonds. The van der Waals surface area contributed by atoms with E-state index in [0.29, 0.717) is 12.3 Å². The third-order valence-electron chi connectivity index (χ3n) is 3.67. The summed E-state index contributed by atoms with van der Waals surface area (Å²) in [4.78, 5) is 0. The van der Waals surface area contributed by atoms with Gasteiger partial charge in [-0.15, -0.1) is 5.10 Å². The van der Waals surface area contributed by atoms with E-state index >= 15 is 0 Å². The van der Waals surface area contributed by atoms with Crippen LogP contribution in [0.4, 0.5) is 5.69 Å². The molecule has 0 radical (unpaired) electrons. The van der Waals surface area contributed by atoms with Gasteiger partial charge in [-0.25, -0.2) is 4.68 Å². The average Bonchev–Trinajstić information content (AvgIpc) is 3.11. The number of nitrogens with zero attached hydrogens (tertiary/aromatic N) is 3. The number of anilines is 1. The predicted octanol–water partition coefficient (Wildman–Crippen LogP) is 2.52. The molecule has 6 nitrogen and oxygen atoms in total. The van der Waals surface area contributed by atoms with E-state index < -0.39 is 0 Å². The Balaban J connectivity index is 1.59. The smallest absolute Gasteiger partial charge is 0.109 e. The fraction of sp³-hybridized carbons (Fsp3) is 0.222. The summed E-state index contributed by atoms with van der Waals surface area (Å²) in [5.74, 6) is 0. The first-order valence-corrected chi connectivity index (χ1v) is 7.71. The molecule has 0 unspecified atom stereocenters. The van der Waals surface area contributed by atoms with Crippen LogP contribution in [0.25, 0.3) is 5.69 Å². The summed E-state index contributed by atoms with van der Waals surface area (Å²) < 4.78 is 6.76. The third kappa shape index (κ3) is 3.98. The first kappa shape index (κ1) is 16.2. The zero-order valence-corrected chi connectivity index (χ0v) is 13.5. The number of aliphatic hydroxyl groups excluding tert-OH is 1. The summed E-state index contributed by atoms with van der Waals surface area (Å²) >= 11 is 0. The van der Waals surface area contributed by atoms with Gasteiger partial charge in [-0.05, 0) is 35.4 Å². The van der Waals surface area contributed by atoms with Crippen molar-refractivity contribution >= 4 is 5.69 Å². The second kappa shape index (κ2) is 7.72. The summed E-state index contributed by atoms with van der Waals surface area (Å²) in [6.07, 6.45) is 1.71. The predicted molar refractivity (Wildman–Crippen MR) is 91.8 cm³/mol. The highest BCUT2D eigenvalue weighted by molar-refractivity contribution is 5.48. The maximum atomic E-state index is 9.03. The Morgan fingerprint density at radius 3 is 2.38 bits per heavy atom. The van der Waals surface area contributed by atoms with E-state index in [0.717, 1.165) is 17.9 Å². The number of ether oxygens (including phenoxy) is 1. The van der Waals surface area contributed by atoms with E-state index in [1.54, 1.807) is 18.0 Å². The number of hydrogen-bond donors (Lipinski definition) is 2. The van der Waals surface area contributed by atoms with Gasteiger partial charge < -0.3 is 15.2 Å². The van der Waals surface area contributed by atoms with Crippen molar-refractivity contribution in [1.29, 1.82) is 0 Å². The lowest BCUT2D eigenvalue weighted by Gasteiger charge is -2.08. The fourth-order valence-electron chi connectivity index (χ4n) is 2.35. The lowest BCUT2D eigenvalue weighted by atomic mass is 10.1. The highest BCUT2D eigenvalue weighted by Gasteiger charge is 2.02. The van der Waals surface area contributed by atoms with Crippen LogP contribution in [0.3, 0.4) is 0 Å². The minimum atomic E-state index is -0.108. The quantitative estimate of drug-likeness (QED) is 0.699. The monoisotopic (exact) mass is 324 g/mol. The van der Waals surface area contributed by atoms with Crippen LogP contribution < -0.4 is 5.32 Å². The fourth-order valence-corrected chi connectivity index (χ4v) is 2.35. The standard InChI is InChI=1S/C18H20N4O2/c1-24-13-15-4-2-14(3-5-15)10-19-16-6-8-18(9-7-16)22-11-17(12-23)20-21-22/h2-9,11,19,23H,10,12-13H2,1H3. The number of rotatable bonds is 7. The molecule has 3 rings (SSSR count). The molecule has 6 heteroatoms. The molecule has 1 aromatic heterocycles. The number of aliphatic hydroxyl groups is 1. The van der Waals surface area contributed by atoms with E-state index in [-0.39, 0.29) is 6.61 Å². The molecule has 2 N–H and O–H groups in total. The number of methoxy groups -OCH3 is 1. The van der Waals surface area contributed by atoms with Gasteiger partial charge in [0.1, 0.15) is 5.69 Å². The Morgan fingerprint density at radius 2 is 1.75 bits per heavy atom. The molecule has 0 aliphatic carbocycles. The number of hydrogen-bond acceptors (Lipinski definition) is 5. The van der Waals surface area contributed by atoms with Crippen molar-refractivity contribution in [3.8, 4) is 5.69 Å². The molecule has 0 spiro atoms. The molecule has 0 saturated carbocycles. The van der Waals surface area contributed by atoms with Gasteiger partial charge in [-0.3, -0.25) is 0 Å². The molecular weight excluding hydrogens is 304 g/mol. The van der Waals surface area contributed by atoms with Crippen molar-refractivity contribution in [3.05, 3.63) is 71.5 Å². The minimum absolute atomic E-state index is 0.108. The molecule has 0 fully saturated rings. The van der Waals surface area contributed by atoms with Gasteiger partial charge in [0.05, 0.1) is 25.1 Å². The zero-order chi connectivity index (χ0) is 16.8. The molecule has 24 heavy (non-hydrogen) atoms. The highest BCUT2D eigenvalue weighted by atomic mass is 16.5.